The first-order valence-corrected chi connectivity index (χ1v) is 6.28. The lowest BCUT2D eigenvalue weighted by Crippen LogP contribution is -2.11. The second-order valence-corrected chi connectivity index (χ2v) is 5.29. The van der Waals surface area contributed by atoms with E-state index >= 15 is 0 Å². The van der Waals surface area contributed by atoms with Crippen LogP contribution < -0.4 is 5.73 Å². The van der Waals surface area contributed by atoms with E-state index in [-0.39, 0.29) is 6.04 Å². The third-order valence-corrected chi connectivity index (χ3v) is 3.63. The van der Waals surface area contributed by atoms with Crippen LogP contribution in [0, 0.1) is 6.92 Å². The summed E-state index contributed by atoms with van der Waals surface area (Å²) in [5.74, 6) is 0.567. The molecule has 17 heavy (non-hydrogen) atoms. The van der Waals surface area contributed by atoms with Crippen molar-refractivity contribution in [3.8, 4) is 0 Å². The Morgan fingerprint density at radius 3 is 2.35 bits per heavy atom. The first-order valence-electron chi connectivity index (χ1n) is 6.28. The number of benzene rings is 1. The summed E-state index contributed by atoms with van der Waals surface area (Å²) < 4.78 is 2.22. The van der Waals surface area contributed by atoms with Gasteiger partial charge in [-0.1, -0.05) is 19.9 Å². The van der Waals surface area contributed by atoms with Crippen molar-refractivity contribution in [2.45, 2.75) is 39.7 Å². The highest BCUT2D eigenvalue weighted by molar-refractivity contribution is 5.86. The summed E-state index contributed by atoms with van der Waals surface area (Å²) in [7, 11) is 2.10. The summed E-state index contributed by atoms with van der Waals surface area (Å²) in [4.78, 5) is 0. The average Bonchev–Trinajstić information content (AvgIpc) is 2.51. The normalized spacial score (nSPS) is 13.6. The number of rotatable bonds is 2. The third-order valence-electron chi connectivity index (χ3n) is 3.63. The van der Waals surface area contributed by atoms with Gasteiger partial charge < -0.3 is 10.3 Å². The fourth-order valence-electron chi connectivity index (χ4n) is 2.67. The fraction of sp³-hybridized carbons (Fsp3) is 0.467. The fourth-order valence-corrected chi connectivity index (χ4v) is 2.67. The maximum Gasteiger partial charge on any atom is 0.0483 e. The molecule has 0 aliphatic heterocycles. The van der Waals surface area contributed by atoms with Gasteiger partial charge in [-0.15, -0.1) is 0 Å². The molecule has 1 aromatic heterocycles. The standard InChI is InChI=1S/C15H22N2/c1-9(2)12-6-7-14-13(8-12)10(3)15(11(4)16)17(14)5/h6-9,11H,16H2,1-5H3. The Hall–Kier alpha value is -1.28. The minimum atomic E-state index is 0.0786. The molecule has 2 rings (SSSR count). The molecule has 0 saturated heterocycles. The van der Waals surface area contributed by atoms with Gasteiger partial charge >= 0.3 is 0 Å². The lowest BCUT2D eigenvalue weighted by atomic mass is 10.00. The van der Waals surface area contributed by atoms with E-state index in [1.165, 1.54) is 27.7 Å². The molecular formula is C15H22N2. The molecule has 0 amide bonds. The maximum atomic E-state index is 6.06. The van der Waals surface area contributed by atoms with Crippen LogP contribution in [0.5, 0.6) is 0 Å². The van der Waals surface area contributed by atoms with Gasteiger partial charge in [-0.2, -0.15) is 0 Å². The van der Waals surface area contributed by atoms with Crippen LogP contribution in [0.3, 0.4) is 0 Å². The van der Waals surface area contributed by atoms with Crippen LogP contribution in [0.25, 0.3) is 10.9 Å². The third kappa shape index (κ3) is 1.87. The molecule has 0 saturated carbocycles. The van der Waals surface area contributed by atoms with Crippen molar-refractivity contribution in [2.24, 2.45) is 12.8 Å². The molecule has 0 aliphatic rings. The second-order valence-electron chi connectivity index (χ2n) is 5.29. The molecule has 1 heterocycles. The zero-order chi connectivity index (χ0) is 12.7. The van der Waals surface area contributed by atoms with E-state index in [1.54, 1.807) is 0 Å². The van der Waals surface area contributed by atoms with E-state index in [2.05, 4.69) is 50.6 Å². The van der Waals surface area contributed by atoms with Gasteiger partial charge in [0.25, 0.3) is 0 Å². The quantitative estimate of drug-likeness (QED) is 0.839. The number of nitrogens with two attached hydrogens (primary N) is 1. The van der Waals surface area contributed by atoms with Crippen LogP contribution in [-0.4, -0.2) is 4.57 Å². The summed E-state index contributed by atoms with van der Waals surface area (Å²) in [5.41, 5.74) is 11.3. The molecule has 2 nitrogen and oxygen atoms in total. The van der Waals surface area contributed by atoms with E-state index < -0.39 is 0 Å². The molecule has 2 heteroatoms. The van der Waals surface area contributed by atoms with Crippen molar-refractivity contribution in [2.75, 3.05) is 0 Å². The van der Waals surface area contributed by atoms with E-state index in [0.717, 1.165) is 0 Å². The van der Waals surface area contributed by atoms with Crippen LogP contribution in [0.1, 0.15) is 49.6 Å². The Morgan fingerprint density at radius 1 is 1.18 bits per heavy atom. The molecule has 1 unspecified atom stereocenters. The number of aryl methyl sites for hydroxylation is 2. The molecule has 0 spiro atoms. The van der Waals surface area contributed by atoms with E-state index in [9.17, 15) is 0 Å². The van der Waals surface area contributed by atoms with Crippen LogP contribution in [-0.2, 0) is 7.05 Å². The number of aromatic nitrogens is 1. The second kappa shape index (κ2) is 4.19. The lowest BCUT2D eigenvalue weighted by Gasteiger charge is -2.08. The van der Waals surface area contributed by atoms with E-state index in [4.69, 9.17) is 5.73 Å². The summed E-state index contributed by atoms with van der Waals surface area (Å²) in [6, 6.07) is 6.82. The van der Waals surface area contributed by atoms with E-state index in [0.29, 0.717) is 5.92 Å². The number of fused-ring (bicyclic) bond motifs is 1. The smallest absolute Gasteiger partial charge is 0.0483 e. The molecular weight excluding hydrogens is 208 g/mol. The zero-order valence-electron chi connectivity index (χ0n) is 11.4. The highest BCUT2D eigenvalue weighted by Crippen LogP contribution is 2.30. The van der Waals surface area contributed by atoms with Crippen LogP contribution in [0.4, 0.5) is 0 Å². The predicted molar refractivity (Wildman–Crippen MR) is 74.3 cm³/mol. The summed E-state index contributed by atoms with van der Waals surface area (Å²) in [6.45, 7) is 8.67. The highest BCUT2D eigenvalue weighted by Gasteiger charge is 2.15. The molecule has 2 N–H and O–H groups in total. The first kappa shape index (κ1) is 12.2. The Morgan fingerprint density at radius 2 is 1.82 bits per heavy atom. The first-order chi connectivity index (χ1) is 7.93. The van der Waals surface area contributed by atoms with Crippen molar-refractivity contribution in [1.29, 1.82) is 0 Å². The van der Waals surface area contributed by atoms with Gasteiger partial charge in [0.15, 0.2) is 0 Å². The molecule has 0 radical (unpaired) electrons. The molecule has 0 bridgehead atoms. The Kier molecular flexibility index (Phi) is 3.00. The SMILES string of the molecule is Cc1c(C(C)N)n(C)c2ccc(C(C)C)cc12. The maximum absolute atomic E-state index is 6.06. The zero-order valence-corrected chi connectivity index (χ0v) is 11.4. The summed E-state index contributed by atoms with van der Waals surface area (Å²) in [6.07, 6.45) is 0. The van der Waals surface area contributed by atoms with Crippen molar-refractivity contribution in [3.63, 3.8) is 0 Å². The Balaban J connectivity index is 2.75. The average molecular weight is 230 g/mol. The van der Waals surface area contributed by atoms with Gasteiger partial charge in [0.1, 0.15) is 0 Å². The van der Waals surface area contributed by atoms with Crippen LogP contribution in [0.15, 0.2) is 18.2 Å². The van der Waals surface area contributed by atoms with Gasteiger partial charge in [-0.25, -0.2) is 0 Å². The molecule has 92 valence electrons. The topological polar surface area (TPSA) is 30.9 Å². The van der Waals surface area contributed by atoms with Crippen LogP contribution >= 0.6 is 0 Å². The predicted octanol–water partition coefficient (Wildman–Crippen LogP) is 3.63. The van der Waals surface area contributed by atoms with Crippen molar-refractivity contribution >= 4 is 10.9 Å². The summed E-state index contributed by atoms with van der Waals surface area (Å²) in [5, 5.41) is 1.34. The molecule has 1 atom stereocenters. The largest absolute Gasteiger partial charge is 0.346 e. The van der Waals surface area contributed by atoms with Gasteiger partial charge in [0.05, 0.1) is 0 Å². The minimum absolute atomic E-state index is 0.0786. The summed E-state index contributed by atoms with van der Waals surface area (Å²) >= 11 is 0. The van der Waals surface area contributed by atoms with Gasteiger partial charge in [0, 0.05) is 29.7 Å². The molecule has 2 aromatic rings. The number of hydrogen-bond acceptors (Lipinski definition) is 1. The monoisotopic (exact) mass is 230 g/mol. The van der Waals surface area contributed by atoms with Gasteiger partial charge in [0.2, 0.25) is 0 Å². The van der Waals surface area contributed by atoms with Crippen molar-refractivity contribution < 1.29 is 0 Å². The molecule has 1 aromatic carbocycles. The van der Waals surface area contributed by atoms with E-state index in [1.807, 2.05) is 6.92 Å². The highest BCUT2D eigenvalue weighted by atomic mass is 15.0. The van der Waals surface area contributed by atoms with Crippen molar-refractivity contribution in [3.05, 3.63) is 35.0 Å². The molecule has 0 aliphatic carbocycles. The van der Waals surface area contributed by atoms with Crippen molar-refractivity contribution in [1.82, 2.24) is 4.57 Å². The lowest BCUT2D eigenvalue weighted by molar-refractivity contribution is 0.720. The minimum Gasteiger partial charge on any atom is -0.346 e. The Labute approximate surface area is 103 Å². The number of hydrogen-bond donors (Lipinski definition) is 1. The Bertz CT molecular complexity index is 548. The number of nitrogens with zero attached hydrogens (tertiary/aromatic N) is 1. The van der Waals surface area contributed by atoms with Gasteiger partial charge in [-0.05, 0) is 43.0 Å². The van der Waals surface area contributed by atoms with Crippen LogP contribution in [0.2, 0.25) is 0 Å². The molecule has 0 fully saturated rings. The van der Waals surface area contributed by atoms with Gasteiger partial charge in [-0.3, -0.25) is 0 Å².